The summed E-state index contributed by atoms with van der Waals surface area (Å²) in [5.74, 6) is 0. The molecule has 12 heavy (non-hydrogen) atoms. The van der Waals surface area contributed by atoms with Gasteiger partial charge in [0.2, 0.25) is 0 Å². The van der Waals surface area contributed by atoms with Gasteiger partial charge >= 0.3 is 0 Å². The Hall–Kier alpha value is -0.810. The second-order valence-corrected chi connectivity index (χ2v) is 3.85. The Morgan fingerprint density at radius 1 is 1.33 bits per heavy atom. The zero-order chi connectivity index (χ0) is 8.39. The number of hydrogen-bond acceptors (Lipinski definition) is 4. The Labute approximate surface area is 81.6 Å². The Kier molecular flexibility index (Phi) is 2.14. The maximum absolute atomic E-state index is 4.18. The van der Waals surface area contributed by atoms with Crippen LogP contribution in [-0.2, 0) is 0 Å². The molecule has 0 bridgehead atoms. The Morgan fingerprint density at radius 3 is 2.83 bits per heavy atom. The average Bonchev–Trinajstić information content (AvgIpc) is 2.58. The Balaban J connectivity index is 2.43. The summed E-state index contributed by atoms with van der Waals surface area (Å²) < 4.78 is 0.968. The van der Waals surface area contributed by atoms with E-state index in [1.165, 1.54) is 11.3 Å². The van der Waals surface area contributed by atoms with Crippen LogP contribution in [0.3, 0.4) is 0 Å². The molecule has 0 aromatic carbocycles. The third kappa shape index (κ3) is 1.51. The summed E-state index contributed by atoms with van der Waals surface area (Å²) in [6.45, 7) is 0. The van der Waals surface area contributed by atoms with Crippen molar-refractivity contribution in [2.24, 2.45) is 0 Å². The number of pyridine rings is 1. The highest BCUT2D eigenvalue weighted by Crippen LogP contribution is 2.19. The molecule has 0 unspecified atom stereocenters. The van der Waals surface area contributed by atoms with E-state index in [2.05, 4.69) is 31.1 Å². The van der Waals surface area contributed by atoms with Gasteiger partial charge in [-0.05, 0) is 28.1 Å². The first-order valence-electron chi connectivity index (χ1n) is 3.24. The molecule has 0 atom stereocenters. The molecular formula is C7H4BrN3S. The van der Waals surface area contributed by atoms with Crippen molar-refractivity contribution in [3.05, 3.63) is 28.3 Å². The minimum Gasteiger partial charge on any atom is -0.252 e. The van der Waals surface area contributed by atoms with Crippen LogP contribution in [0.15, 0.2) is 28.3 Å². The van der Waals surface area contributed by atoms with E-state index in [0.29, 0.717) is 0 Å². The lowest BCUT2D eigenvalue weighted by Gasteiger charge is -1.92. The topological polar surface area (TPSA) is 38.7 Å². The molecule has 0 aliphatic heterocycles. The maximum atomic E-state index is 4.18. The van der Waals surface area contributed by atoms with E-state index in [9.17, 15) is 0 Å². The second kappa shape index (κ2) is 3.28. The molecule has 0 radical (unpaired) electrons. The molecule has 2 rings (SSSR count). The predicted octanol–water partition coefficient (Wildman–Crippen LogP) is 2.36. The summed E-state index contributed by atoms with van der Waals surface area (Å²) in [5.41, 5.74) is 2.56. The van der Waals surface area contributed by atoms with Crippen molar-refractivity contribution >= 4 is 27.3 Å². The van der Waals surface area contributed by atoms with Crippen molar-refractivity contribution in [2.75, 3.05) is 0 Å². The molecular weight excluding hydrogens is 238 g/mol. The molecule has 0 saturated carbocycles. The van der Waals surface area contributed by atoms with Crippen molar-refractivity contribution in [3.8, 4) is 10.7 Å². The van der Waals surface area contributed by atoms with Crippen molar-refractivity contribution in [3.63, 3.8) is 0 Å². The summed E-state index contributed by atoms with van der Waals surface area (Å²) in [4.78, 5) is 4.18. The van der Waals surface area contributed by atoms with E-state index < -0.39 is 0 Å². The second-order valence-electron chi connectivity index (χ2n) is 2.11. The fraction of sp³-hybridized carbons (Fsp3) is 0. The lowest BCUT2D eigenvalue weighted by molar-refractivity contribution is 1.09. The number of nitrogens with zero attached hydrogens (tertiary/aromatic N) is 3. The number of aromatic nitrogens is 3. The molecule has 0 N–H and O–H groups in total. The highest BCUT2D eigenvalue weighted by Gasteiger charge is 2.01. The van der Waals surface area contributed by atoms with Crippen molar-refractivity contribution < 1.29 is 0 Å². The molecule has 0 aliphatic carbocycles. The summed E-state index contributed by atoms with van der Waals surface area (Å²) in [6, 6.07) is 3.84. The zero-order valence-corrected chi connectivity index (χ0v) is 8.34. The first kappa shape index (κ1) is 7.82. The molecule has 60 valence electrons. The molecule has 5 heteroatoms. The van der Waals surface area contributed by atoms with Gasteiger partial charge in [0.15, 0.2) is 5.01 Å². The Morgan fingerprint density at radius 2 is 2.25 bits per heavy atom. The van der Waals surface area contributed by atoms with Gasteiger partial charge in [0, 0.05) is 10.7 Å². The van der Waals surface area contributed by atoms with E-state index in [0.717, 1.165) is 15.2 Å². The molecule has 3 nitrogen and oxygen atoms in total. The van der Waals surface area contributed by atoms with Gasteiger partial charge in [-0.3, -0.25) is 4.98 Å². The van der Waals surface area contributed by atoms with Crippen LogP contribution in [0.1, 0.15) is 0 Å². The van der Waals surface area contributed by atoms with Crippen molar-refractivity contribution in [1.29, 1.82) is 0 Å². The highest BCUT2D eigenvalue weighted by molar-refractivity contribution is 9.10. The SMILES string of the molecule is Brc1ccc(-c2nncs2)nc1. The molecule has 2 aromatic rings. The largest absolute Gasteiger partial charge is 0.252 e. The van der Waals surface area contributed by atoms with Gasteiger partial charge in [0.05, 0.1) is 0 Å². The fourth-order valence-corrected chi connectivity index (χ4v) is 1.55. The van der Waals surface area contributed by atoms with Crippen LogP contribution in [-0.4, -0.2) is 15.2 Å². The van der Waals surface area contributed by atoms with Gasteiger partial charge in [-0.1, -0.05) is 11.3 Å². The molecule has 0 aliphatic rings. The smallest absolute Gasteiger partial charge is 0.166 e. The number of rotatable bonds is 1. The predicted molar refractivity (Wildman–Crippen MR) is 50.8 cm³/mol. The van der Waals surface area contributed by atoms with Gasteiger partial charge in [-0.2, -0.15) is 0 Å². The van der Waals surface area contributed by atoms with Crippen LogP contribution in [0, 0.1) is 0 Å². The minimum absolute atomic E-state index is 0.850. The van der Waals surface area contributed by atoms with Gasteiger partial charge in [-0.15, -0.1) is 10.2 Å². The standard InChI is InChI=1S/C7H4BrN3S/c8-5-1-2-6(9-3-5)7-11-10-4-12-7/h1-4H. The maximum Gasteiger partial charge on any atom is 0.166 e. The third-order valence-corrected chi connectivity index (χ3v) is 2.49. The Bertz CT molecular complexity index is 357. The van der Waals surface area contributed by atoms with E-state index in [4.69, 9.17) is 0 Å². The van der Waals surface area contributed by atoms with Gasteiger partial charge < -0.3 is 0 Å². The van der Waals surface area contributed by atoms with E-state index in [1.54, 1.807) is 11.7 Å². The summed E-state index contributed by atoms with van der Waals surface area (Å²) in [6.07, 6.45) is 1.75. The zero-order valence-electron chi connectivity index (χ0n) is 5.94. The number of hydrogen-bond donors (Lipinski definition) is 0. The molecule has 0 amide bonds. The van der Waals surface area contributed by atoms with Crippen LogP contribution in [0.5, 0.6) is 0 Å². The number of halogens is 1. The lowest BCUT2D eigenvalue weighted by Crippen LogP contribution is -1.81. The van der Waals surface area contributed by atoms with Crippen LogP contribution < -0.4 is 0 Å². The first-order chi connectivity index (χ1) is 5.86. The molecule has 2 aromatic heterocycles. The minimum atomic E-state index is 0.850. The van der Waals surface area contributed by atoms with Gasteiger partial charge in [0.1, 0.15) is 11.2 Å². The van der Waals surface area contributed by atoms with Crippen LogP contribution in [0.4, 0.5) is 0 Å². The van der Waals surface area contributed by atoms with E-state index in [-0.39, 0.29) is 0 Å². The fourth-order valence-electron chi connectivity index (χ4n) is 0.787. The lowest BCUT2D eigenvalue weighted by atomic mass is 10.4. The van der Waals surface area contributed by atoms with Crippen LogP contribution in [0.25, 0.3) is 10.7 Å². The van der Waals surface area contributed by atoms with Gasteiger partial charge in [-0.25, -0.2) is 0 Å². The van der Waals surface area contributed by atoms with Crippen LogP contribution >= 0.6 is 27.3 Å². The molecule has 0 spiro atoms. The quantitative estimate of drug-likeness (QED) is 0.770. The summed E-state index contributed by atoms with van der Waals surface area (Å²) >= 11 is 4.80. The monoisotopic (exact) mass is 241 g/mol. The molecule has 2 heterocycles. The molecule has 0 fully saturated rings. The van der Waals surface area contributed by atoms with Gasteiger partial charge in [0.25, 0.3) is 0 Å². The van der Waals surface area contributed by atoms with E-state index in [1.807, 2.05) is 12.1 Å². The average molecular weight is 242 g/mol. The third-order valence-electron chi connectivity index (χ3n) is 1.31. The first-order valence-corrected chi connectivity index (χ1v) is 4.91. The normalized spacial score (nSPS) is 10.1. The highest BCUT2D eigenvalue weighted by atomic mass is 79.9. The van der Waals surface area contributed by atoms with Crippen molar-refractivity contribution in [1.82, 2.24) is 15.2 Å². The van der Waals surface area contributed by atoms with E-state index >= 15 is 0 Å². The van der Waals surface area contributed by atoms with Crippen molar-refractivity contribution in [2.45, 2.75) is 0 Å². The summed E-state index contributed by atoms with van der Waals surface area (Å²) in [7, 11) is 0. The summed E-state index contributed by atoms with van der Waals surface area (Å²) in [5, 5.41) is 8.49. The van der Waals surface area contributed by atoms with Crippen LogP contribution in [0.2, 0.25) is 0 Å². The molecule has 0 saturated heterocycles.